The van der Waals surface area contributed by atoms with Crippen molar-refractivity contribution in [2.75, 3.05) is 5.32 Å². The van der Waals surface area contributed by atoms with Crippen molar-refractivity contribution >= 4 is 34.7 Å². The van der Waals surface area contributed by atoms with Gasteiger partial charge in [-0.05, 0) is 48.9 Å². The van der Waals surface area contributed by atoms with Crippen molar-refractivity contribution < 1.29 is 9.21 Å². The highest BCUT2D eigenvalue weighted by Gasteiger charge is 2.21. The molecule has 0 unspecified atom stereocenters. The van der Waals surface area contributed by atoms with Gasteiger partial charge in [-0.25, -0.2) is 9.98 Å². The predicted octanol–water partition coefficient (Wildman–Crippen LogP) is 4.96. The molecular formula is C22H16ClN5O2. The molecule has 4 heterocycles. The third kappa shape index (κ3) is 3.29. The summed E-state index contributed by atoms with van der Waals surface area (Å²) in [6.45, 7) is 2.00. The van der Waals surface area contributed by atoms with E-state index in [0.717, 1.165) is 33.7 Å². The summed E-state index contributed by atoms with van der Waals surface area (Å²) < 4.78 is 5.14. The number of H-pyrrole nitrogens is 1. The Morgan fingerprint density at radius 3 is 2.90 bits per heavy atom. The topological polar surface area (TPSA) is 96.2 Å². The Labute approximate surface area is 176 Å². The van der Waals surface area contributed by atoms with Crippen LogP contribution >= 0.6 is 11.6 Å². The number of anilines is 1. The summed E-state index contributed by atoms with van der Waals surface area (Å²) in [7, 11) is 0. The van der Waals surface area contributed by atoms with Crippen LogP contribution in [0.4, 0.5) is 11.5 Å². The summed E-state index contributed by atoms with van der Waals surface area (Å²) in [4.78, 5) is 21.4. The summed E-state index contributed by atoms with van der Waals surface area (Å²) in [6, 6.07) is 10.6. The first kappa shape index (κ1) is 18.3. The van der Waals surface area contributed by atoms with Crippen molar-refractivity contribution in [3.63, 3.8) is 0 Å². The molecule has 148 valence electrons. The molecule has 1 aliphatic rings. The van der Waals surface area contributed by atoms with Crippen molar-refractivity contribution in [2.45, 2.75) is 13.3 Å². The average Bonchev–Trinajstić information content (AvgIpc) is 3.49. The molecule has 0 saturated carbocycles. The van der Waals surface area contributed by atoms with Gasteiger partial charge in [-0.1, -0.05) is 11.6 Å². The quantitative estimate of drug-likeness (QED) is 0.490. The van der Waals surface area contributed by atoms with Crippen LogP contribution < -0.4 is 5.32 Å². The molecular weight excluding hydrogens is 402 g/mol. The number of nitrogens with zero attached hydrogens (tertiary/aromatic N) is 3. The monoisotopic (exact) mass is 417 g/mol. The van der Waals surface area contributed by atoms with Gasteiger partial charge in [-0.3, -0.25) is 9.89 Å². The van der Waals surface area contributed by atoms with Crippen molar-refractivity contribution in [1.29, 1.82) is 0 Å². The van der Waals surface area contributed by atoms with Crippen LogP contribution in [0, 0.1) is 6.92 Å². The van der Waals surface area contributed by atoms with Gasteiger partial charge < -0.3 is 9.73 Å². The Balaban J connectivity index is 1.41. The van der Waals surface area contributed by atoms with Gasteiger partial charge in [0, 0.05) is 40.0 Å². The molecule has 1 aliphatic heterocycles. The average molecular weight is 418 g/mol. The molecule has 0 aliphatic carbocycles. The molecule has 0 spiro atoms. The third-order valence-electron chi connectivity index (χ3n) is 4.94. The number of hydrogen-bond donors (Lipinski definition) is 2. The number of pyridine rings is 1. The summed E-state index contributed by atoms with van der Waals surface area (Å²) in [6.07, 6.45) is 5.62. The molecule has 0 atom stereocenters. The molecule has 7 nitrogen and oxygen atoms in total. The van der Waals surface area contributed by atoms with Crippen LogP contribution in [-0.4, -0.2) is 26.8 Å². The fraction of sp³-hybridized carbons (Fsp3) is 0.0909. The highest BCUT2D eigenvalue weighted by atomic mass is 35.5. The standard InChI is InChI=1S/C22H16ClN5O2/c1-12-10-25-28-20(12)14-7-13-8-18(27-21(13)24-11-14)16-9-15(4-5-17(16)23)26-22(29)19-3-2-6-30-19/h2-7,9-11H,8H2,1H3,(H,25,28)(H,26,29). The van der Waals surface area contributed by atoms with Crippen LogP contribution in [-0.2, 0) is 6.42 Å². The van der Waals surface area contributed by atoms with E-state index in [1.165, 1.54) is 6.26 Å². The van der Waals surface area contributed by atoms with E-state index in [-0.39, 0.29) is 11.7 Å². The number of aromatic nitrogens is 3. The Morgan fingerprint density at radius 1 is 1.23 bits per heavy atom. The molecule has 30 heavy (non-hydrogen) atoms. The molecule has 0 bridgehead atoms. The number of benzene rings is 1. The smallest absolute Gasteiger partial charge is 0.291 e. The minimum absolute atomic E-state index is 0.239. The highest BCUT2D eigenvalue weighted by Crippen LogP contribution is 2.33. The Bertz CT molecular complexity index is 1290. The largest absolute Gasteiger partial charge is 0.459 e. The van der Waals surface area contributed by atoms with Gasteiger partial charge in [-0.15, -0.1) is 0 Å². The minimum atomic E-state index is -0.328. The van der Waals surface area contributed by atoms with Crippen LogP contribution in [0.25, 0.3) is 11.3 Å². The van der Waals surface area contributed by atoms with E-state index in [1.807, 2.05) is 13.0 Å². The molecule has 4 aromatic rings. The summed E-state index contributed by atoms with van der Waals surface area (Å²) >= 11 is 6.44. The maximum Gasteiger partial charge on any atom is 0.291 e. The number of furan rings is 1. The SMILES string of the molecule is Cc1cn[nH]c1-c1cnc2c(c1)CC(c1cc(NC(=O)c3ccco3)ccc1Cl)=N2. The highest BCUT2D eigenvalue weighted by molar-refractivity contribution is 6.34. The van der Waals surface area contributed by atoms with Crippen molar-refractivity contribution in [3.05, 3.63) is 82.5 Å². The predicted molar refractivity (Wildman–Crippen MR) is 115 cm³/mol. The molecule has 0 fully saturated rings. The van der Waals surface area contributed by atoms with Gasteiger partial charge >= 0.3 is 0 Å². The Morgan fingerprint density at radius 2 is 2.13 bits per heavy atom. The summed E-state index contributed by atoms with van der Waals surface area (Å²) in [5, 5.41) is 10.5. The molecule has 1 aromatic carbocycles. The second-order valence-corrected chi connectivity index (χ2v) is 7.40. The molecule has 0 radical (unpaired) electrons. The maximum absolute atomic E-state index is 12.3. The second-order valence-electron chi connectivity index (χ2n) is 7.00. The number of carbonyl (C=O) groups excluding carboxylic acids is 1. The van der Waals surface area contributed by atoms with Crippen molar-refractivity contribution in [2.24, 2.45) is 4.99 Å². The minimum Gasteiger partial charge on any atom is -0.459 e. The normalized spacial score (nSPS) is 12.5. The van der Waals surface area contributed by atoms with Crippen LogP contribution in [0.3, 0.4) is 0 Å². The first-order valence-electron chi connectivity index (χ1n) is 9.30. The number of nitrogens with one attached hydrogen (secondary N) is 2. The third-order valence-corrected chi connectivity index (χ3v) is 5.27. The van der Waals surface area contributed by atoms with Crippen LogP contribution in [0.5, 0.6) is 0 Å². The molecule has 0 saturated heterocycles. The first-order valence-corrected chi connectivity index (χ1v) is 9.68. The van der Waals surface area contributed by atoms with E-state index in [9.17, 15) is 4.79 Å². The number of amides is 1. The van der Waals surface area contributed by atoms with Crippen molar-refractivity contribution in [3.8, 4) is 11.3 Å². The number of carbonyl (C=O) groups is 1. The zero-order valence-corrected chi connectivity index (χ0v) is 16.7. The second kappa shape index (κ2) is 7.27. The Hall–Kier alpha value is -3.71. The Kier molecular flexibility index (Phi) is 4.44. The van der Waals surface area contributed by atoms with Gasteiger partial charge in [0.05, 0.1) is 23.9 Å². The lowest BCUT2D eigenvalue weighted by Gasteiger charge is -2.08. The number of fused-ring (bicyclic) bond motifs is 1. The fourth-order valence-electron chi connectivity index (χ4n) is 3.44. The summed E-state index contributed by atoms with van der Waals surface area (Å²) in [5.74, 6) is 0.584. The van der Waals surface area contributed by atoms with Gasteiger partial charge in [0.15, 0.2) is 11.6 Å². The lowest BCUT2D eigenvalue weighted by atomic mass is 10.0. The number of halogens is 1. The zero-order valence-electron chi connectivity index (χ0n) is 15.9. The van der Waals surface area contributed by atoms with E-state index in [1.54, 1.807) is 36.7 Å². The number of aromatic amines is 1. The van der Waals surface area contributed by atoms with E-state index in [0.29, 0.717) is 22.9 Å². The zero-order chi connectivity index (χ0) is 20.7. The number of aryl methyl sites for hydroxylation is 1. The summed E-state index contributed by atoms with van der Waals surface area (Å²) in [5.41, 5.74) is 6.14. The molecule has 3 aromatic heterocycles. The van der Waals surface area contributed by atoms with Crippen LogP contribution in [0.2, 0.25) is 5.02 Å². The molecule has 5 rings (SSSR count). The van der Waals surface area contributed by atoms with Crippen LogP contribution in [0.1, 0.15) is 27.2 Å². The molecule has 2 N–H and O–H groups in total. The number of hydrogen-bond acceptors (Lipinski definition) is 5. The van der Waals surface area contributed by atoms with Gasteiger partial charge in [0.25, 0.3) is 5.91 Å². The molecule has 1 amide bonds. The van der Waals surface area contributed by atoms with E-state index in [4.69, 9.17) is 16.0 Å². The lowest BCUT2D eigenvalue weighted by molar-refractivity contribution is 0.0996. The lowest BCUT2D eigenvalue weighted by Crippen LogP contribution is -2.11. The van der Waals surface area contributed by atoms with Crippen molar-refractivity contribution in [1.82, 2.24) is 15.2 Å². The van der Waals surface area contributed by atoms with Crippen LogP contribution in [0.15, 0.2) is 64.5 Å². The van der Waals surface area contributed by atoms with Gasteiger partial charge in [0.1, 0.15) is 0 Å². The van der Waals surface area contributed by atoms with E-state index in [2.05, 4.69) is 31.6 Å². The van der Waals surface area contributed by atoms with E-state index >= 15 is 0 Å². The number of rotatable bonds is 4. The first-order chi connectivity index (χ1) is 14.6. The fourth-order valence-corrected chi connectivity index (χ4v) is 3.66. The maximum atomic E-state index is 12.3. The van der Waals surface area contributed by atoms with Gasteiger partial charge in [-0.2, -0.15) is 5.10 Å². The van der Waals surface area contributed by atoms with Gasteiger partial charge in [0.2, 0.25) is 0 Å². The molecule has 8 heteroatoms. The van der Waals surface area contributed by atoms with E-state index < -0.39 is 0 Å². The number of aliphatic imine (C=N–C) groups is 1.